The monoisotopic (exact) mass is 202 g/mol. The van der Waals surface area contributed by atoms with Crippen molar-refractivity contribution < 1.29 is 4.74 Å². The van der Waals surface area contributed by atoms with Gasteiger partial charge in [-0.25, -0.2) is 0 Å². The van der Waals surface area contributed by atoms with Crippen molar-refractivity contribution in [3.8, 4) is 6.19 Å². The highest BCUT2D eigenvalue weighted by Gasteiger charge is 2.04. The van der Waals surface area contributed by atoms with E-state index in [0.717, 1.165) is 5.56 Å². The number of aryl methyl sites for hydroxylation is 1. The lowest BCUT2D eigenvalue weighted by atomic mass is 10.1. The molecule has 0 aliphatic rings. The summed E-state index contributed by atoms with van der Waals surface area (Å²) < 4.78 is 5.27. The standard InChI is InChI=1S/C12H14N2O/c1-3-15-12(14-9-13)8-11-7-5-4-6-10(11)2/h4-7H,3,8H2,1-2H3/b14-12+. The molecule has 3 heteroatoms. The maximum atomic E-state index is 8.49. The largest absolute Gasteiger partial charge is 0.480 e. The molecule has 1 aromatic rings. The van der Waals surface area contributed by atoms with E-state index in [1.807, 2.05) is 38.1 Å². The zero-order chi connectivity index (χ0) is 11.1. The van der Waals surface area contributed by atoms with Gasteiger partial charge in [0.05, 0.1) is 6.61 Å². The Bertz CT molecular complexity index is 391. The predicted octanol–water partition coefficient (Wildman–Crippen LogP) is 2.45. The highest BCUT2D eigenvalue weighted by atomic mass is 16.5. The molecule has 0 amide bonds. The van der Waals surface area contributed by atoms with Gasteiger partial charge in [-0.2, -0.15) is 5.26 Å². The summed E-state index contributed by atoms with van der Waals surface area (Å²) in [5.41, 5.74) is 2.32. The molecule has 0 radical (unpaired) electrons. The number of rotatable bonds is 3. The van der Waals surface area contributed by atoms with Gasteiger partial charge in [0.15, 0.2) is 0 Å². The van der Waals surface area contributed by atoms with Crippen LogP contribution in [0, 0.1) is 18.4 Å². The molecule has 0 fully saturated rings. The Morgan fingerprint density at radius 2 is 2.20 bits per heavy atom. The van der Waals surface area contributed by atoms with Gasteiger partial charge in [0, 0.05) is 6.42 Å². The molecule has 0 saturated carbocycles. The molecule has 78 valence electrons. The summed E-state index contributed by atoms with van der Waals surface area (Å²) in [6.07, 6.45) is 2.33. The quantitative estimate of drug-likeness (QED) is 0.429. The molecule has 0 aliphatic heterocycles. The van der Waals surface area contributed by atoms with E-state index in [-0.39, 0.29) is 0 Å². The molecule has 1 aromatic carbocycles. The zero-order valence-electron chi connectivity index (χ0n) is 9.03. The predicted molar refractivity (Wildman–Crippen MR) is 59.6 cm³/mol. The van der Waals surface area contributed by atoms with Gasteiger partial charge in [0.1, 0.15) is 0 Å². The van der Waals surface area contributed by atoms with Crippen LogP contribution in [0.15, 0.2) is 29.3 Å². The minimum atomic E-state index is 0.481. The van der Waals surface area contributed by atoms with Crippen molar-refractivity contribution in [3.05, 3.63) is 35.4 Å². The molecule has 0 bridgehead atoms. The van der Waals surface area contributed by atoms with E-state index in [0.29, 0.717) is 18.9 Å². The fourth-order valence-electron chi connectivity index (χ4n) is 1.32. The second-order valence-electron chi connectivity index (χ2n) is 3.14. The number of nitrogens with zero attached hydrogens (tertiary/aromatic N) is 2. The topological polar surface area (TPSA) is 45.4 Å². The Kier molecular flexibility index (Phi) is 4.36. The van der Waals surface area contributed by atoms with Crippen molar-refractivity contribution in [2.45, 2.75) is 20.3 Å². The van der Waals surface area contributed by atoms with Gasteiger partial charge in [-0.3, -0.25) is 0 Å². The second kappa shape index (κ2) is 5.82. The number of hydrogen-bond acceptors (Lipinski definition) is 3. The van der Waals surface area contributed by atoms with Crippen LogP contribution >= 0.6 is 0 Å². The highest BCUT2D eigenvalue weighted by molar-refractivity contribution is 5.79. The lowest BCUT2D eigenvalue weighted by Crippen LogP contribution is -2.09. The van der Waals surface area contributed by atoms with Crippen molar-refractivity contribution in [1.29, 1.82) is 5.26 Å². The van der Waals surface area contributed by atoms with Crippen LogP contribution in [0.1, 0.15) is 18.1 Å². The van der Waals surface area contributed by atoms with Gasteiger partial charge in [-0.15, -0.1) is 4.99 Å². The molecule has 0 N–H and O–H groups in total. The summed E-state index contributed by atoms with van der Waals surface area (Å²) in [5.74, 6) is 0.481. The van der Waals surface area contributed by atoms with Gasteiger partial charge in [0.25, 0.3) is 0 Å². The molecular weight excluding hydrogens is 188 g/mol. The normalized spacial score (nSPS) is 10.9. The Balaban J connectivity index is 2.80. The fourth-order valence-corrected chi connectivity index (χ4v) is 1.32. The lowest BCUT2D eigenvalue weighted by molar-refractivity contribution is 0.320. The van der Waals surface area contributed by atoms with Crippen molar-refractivity contribution in [2.24, 2.45) is 4.99 Å². The highest BCUT2D eigenvalue weighted by Crippen LogP contribution is 2.08. The maximum absolute atomic E-state index is 8.49. The summed E-state index contributed by atoms with van der Waals surface area (Å²) in [4.78, 5) is 3.65. The van der Waals surface area contributed by atoms with Crippen molar-refractivity contribution >= 4 is 5.90 Å². The summed E-state index contributed by atoms with van der Waals surface area (Å²) in [5, 5.41) is 8.49. The molecule has 0 spiro atoms. The zero-order valence-corrected chi connectivity index (χ0v) is 9.03. The van der Waals surface area contributed by atoms with Crippen LogP contribution in [-0.2, 0) is 11.2 Å². The molecule has 0 aliphatic carbocycles. The Labute approximate surface area is 90.0 Å². The van der Waals surface area contributed by atoms with E-state index in [1.54, 1.807) is 6.19 Å². The number of ether oxygens (including phenoxy) is 1. The Hall–Kier alpha value is -1.82. The van der Waals surface area contributed by atoms with E-state index in [1.165, 1.54) is 5.56 Å². The van der Waals surface area contributed by atoms with Crippen LogP contribution in [0.5, 0.6) is 0 Å². The van der Waals surface area contributed by atoms with Gasteiger partial charge >= 0.3 is 0 Å². The third kappa shape index (κ3) is 3.43. The van der Waals surface area contributed by atoms with Crippen LogP contribution in [0.2, 0.25) is 0 Å². The Morgan fingerprint density at radius 3 is 2.80 bits per heavy atom. The average molecular weight is 202 g/mol. The number of nitriles is 1. The molecule has 0 atom stereocenters. The van der Waals surface area contributed by atoms with Gasteiger partial charge in [-0.1, -0.05) is 24.3 Å². The lowest BCUT2D eigenvalue weighted by Gasteiger charge is -2.07. The van der Waals surface area contributed by atoms with Crippen LogP contribution < -0.4 is 0 Å². The minimum absolute atomic E-state index is 0.481. The minimum Gasteiger partial charge on any atom is -0.480 e. The maximum Gasteiger partial charge on any atom is 0.208 e. The Morgan fingerprint density at radius 1 is 1.47 bits per heavy atom. The number of benzene rings is 1. The first-order chi connectivity index (χ1) is 7.27. The molecule has 0 heterocycles. The first-order valence-electron chi connectivity index (χ1n) is 4.91. The first kappa shape index (κ1) is 11.3. The number of aliphatic imine (C=N–C) groups is 1. The van der Waals surface area contributed by atoms with E-state index >= 15 is 0 Å². The summed E-state index contributed by atoms with van der Waals surface area (Å²) in [6, 6.07) is 8.01. The second-order valence-corrected chi connectivity index (χ2v) is 3.14. The van der Waals surface area contributed by atoms with E-state index in [4.69, 9.17) is 10.00 Å². The SMILES string of the molecule is CCO/C(Cc1ccccc1C)=N/C#N. The van der Waals surface area contributed by atoms with Crippen molar-refractivity contribution in [2.75, 3.05) is 6.61 Å². The van der Waals surface area contributed by atoms with E-state index in [9.17, 15) is 0 Å². The molecule has 3 nitrogen and oxygen atoms in total. The average Bonchev–Trinajstić information content (AvgIpc) is 2.22. The number of hydrogen-bond donors (Lipinski definition) is 0. The van der Waals surface area contributed by atoms with Crippen LogP contribution in [0.25, 0.3) is 0 Å². The summed E-state index contributed by atoms with van der Waals surface area (Å²) >= 11 is 0. The first-order valence-corrected chi connectivity index (χ1v) is 4.91. The van der Waals surface area contributed by atoms with Crippen LogP contribution in [-0.4, -0.2) is 12.5 Å². The molecule has 0 saturated heterocycles. The third-order valence-electron chi connectivity index (χ3n) is 2.09. The molecule has 0 aromatic heterocycles. The van der Waals surface area contributed by atoms with Crippen molar-refractivity contribution in [1.82, 2.24) is 0 Å². The smallest absolute Gasteiger partial charge is 0.208 e. The van der Waals surface area contributed by atoms with E-state index in [2.05, 4.69) is 4.99 Å². The van der Waals surface area contributed by atoms with E-state index < -0.39 is 0 Å². The van der Waals surface area contributed by atoms with Gasteiger partial charge < -0.3 is 4.74 Å². The van der Waals surface area contributed by atoms with Crippen molar-refractivity contribution in [3.63, 3.8) is 0 Å². The molecule has 0 unspecified atom stereocenters. The van der Waals surface area contributed by atoms with Crippen LogP contribution in [0.3, 0.4) is 0 Å². The fraction of sp³-hybridized carbons (Fsp3) is 0.333. The molecule has 15 heavy (non-hydrogen) atoms. The molecule has 1 rings (SSSR count). The van der Waals surface area contributed by atoms with Gasteiger partial charge in [-0.05, 0) is 25.0 Å². The summed E-state index contributed by atoms with van der Waals surface area (Å²) in [6.45, 7) is 4.45. The van der Waals surface area contributed by atoms with Gasteiger partial charge in [0.2, 0.25) is 12.1 Å². The summed E-state index contributed by atoms with van der Waals surface area (Å²) in [7, 11) is 0. The third-order valence-corrected chi connectivity index (χ3v) is 2.09. The molecular formula is C12H14N2O. The van der Waals surface area contributed by atoms with Crippen LogP contribution in [0.4, 0.5) is 0 Å².